The van der Waals surface area contributed by atoms with Crippen LogP contribution >= 0.6 is 34.2 Å². The van der Waals surface area contributed by atoms with Crippen molar-refractivity contribution in [3.05, 3.63) is 68.4 Å². The first kappa shape index (κ1) is 22.9. The van der Waals surface area contributed by atoms with E-state index < -0.39 is 5.60 Å². The second-order valence-electron chi connectivity index (χ2n) is 8.35. The number of nitrogens with zero attached hydrogens (tertiary/aromatic N) is 1. The maximum Gasteiger partial charge on any atom is 0.341 e. The Morgan fingerprint density at radius 3 is 2.33 bits per heavy atom. The molecule has 0 aliphatic heterocycles. The lowest BCUT2D eigenvalue weighted by Gasteiger charge is -2.20. The predicted octanol–water partition coefficient (Wildman–Crippen LogP) is 7.75. The standard InChI is InChI=1S/C25H27ClINO2/c1-6-14-28-16(2)21(24(29)30-25(3,4)5)22(18-8-7-9-20(27)15-18)23(28)17-10-12-19(26)13-11-17/h7-13,15H,6,14H2,1-5H3. The Kier molecular flexibility index (Phi) is 6.98. The lowest BCUT2D eigenvalue weighted by atomic mass is 9.97. The van der Waals surface area contributed by atoms with E-state index >= 15 is 0 Å². The lowest BCUT2D eigenvalue weighted by Crippen LogP contribution is -2.24. The average Bonchev–Trinajstić information content (AvgIpc) is 2.94. The van der Waals surface area contributed by atoms with Gasteiger partial charge in [0.15, 0.2) is 0 Å². The van der Waals surface area contributed by atoms with Gasteiger partial charge in [-0.1, -0.05) is 42.8 Å². The van der Waals surface area contributed by atoms with Gasteiger partial charge >= 0.3 is 5.97 Å². The number of hydrogen-bond acceptors (Lipinski definition) is 2. The molecule has 0 saturated carbocycles. The number of carbonyl (C=O) groups is 1. The molecule has 0 bridgehead atoms. The molecule has 3 rings (SSSR count). The molecule has 30 heavy (non-hydrogen) atoms. The van der Waals surface area contributed by atoms with Gasteiger partial charge in [-0.25, -0.2) is 4.79 Å². The smallest absolute Gasteiger partial charge is 0.341 e. The van der Waals surface area contributed by atoms with Crippen LogP contribution in [0.1, 0.15) is 50.2 Å². The highest BCUT2D eigenvalue weighted by atomic mass is 127. The molecule has 0 atom stereocenters. The number of hydrogen-bond donors (Lipinski definition) is 0. The monoisotopic (exact) mass is 535 g/mol. The maximum atomic E-state index is 13.4. The van der Waals surface area contributed by atoms with E-state index in [4.69, 9.17) is 16.3 Å². The Labute approximate surface area is 197 Å². The van der Waals surface area contributed by atoms with Crippen molar-refractivity contribution in [1.82, 2.24) is 4.57 Å². The molecule has 3 nitrogen and oxygen atoms in total. The highest BCUT2D eigenvalue weighted by Crippen LogP contribution is 2.41. The van der Waals surface area contributed by atoms with E-state index in [0.29, 0.717) is 10.6 Å². The van der Waals surface area contributed by atoms with E-state index in [-0.39, 0.29) is 5.97 Å². The van der Waals surface area contributed by atoms with Crippen LogP contribution in [-0.4, -0.2) is 16.1 Å². The number of carbonyl (C=O) groups excluding carboxylic acids is 1. The van der Waals surface area contributed by atoms with Crippen LogP contribution in [-0.2, 0) is 11.3 Å². The van der Waals surface area contributed by atoms with Crippen molar-refractivity contribution >= 4 is 40.2 Å². The van der Waals surface area contributed by atoms with Crippen LogP contribution in [0, 0.1) is 10.5 Å². The van der Waals surface area contributed by atoms with Crippen molar-refractivity contribution in [2.75, 3.05) is 0 Å². The van der Waals surface area contributed by atoms with Crippen molar-refractivity contribution in [2.24, 2.45) is 0 Å². The third-order valence-corrected chi connectivity index (χ3v) is 5.73. The quantitative estimate of drug-likeness (QED) is 0.247. The first-order chi connectivity index (χ1) is 14.1. The van der Waals surface area contributed by atoms with Crippen LogP contribution in [0.4, 0.5) is 0 Å². The minimum Gasteiger partial charge on any atom is -0.456 e. The van der Waals surface area contributed by atoms with Crippen molar-refractivity contribution in [3.63, 3.8) is 0 Å². The van der Waals surface area contributed by atoms with Crippen molar-refractivity contribution in [1.29, 1.82) is 0 Å². The summed E-state index contributed by atoms with van der Waals surface area (Å²) in [5.74, 6) is -0.293. The number of benzene rings is 2. The molecule has 0 radical (unpaired) electrons. The van der Waals surface area contributed by atoms with Gasteiger partial charge in [-0.05, 0) is 92.1 Å². The van der Waals surface area contributed by atoms with E-state index in [2.05, 4.69) is 52.3 Å². The summed E-state index contributed by atoms with van der Waals surface area (Å²) >= 11 is 8.46. The largest absolute Gasteiger partial charge is 0.456 e. The van der Waals surface area contributed by atoms with Gasteiger partial charge in [0, 0.05) is 26.4 Å². The van der Waals surface area contributed by atoms with Crippen LogP contribution in [0.15, 0.2) is 48.5 Å². The Balaban J connectivity index is 2.37. The fourth-order valence-electron chi connectivity index (χ4n) is 3.65. The van der Waals surface area contributed by atoms with E-state index in [1.807, 2.05) is 58.0 Å². The van der Waals surface area contributed by atoms with Crippen LogP contribution in [0.25, 0.3) is 22.4 Å². The lowest BCUT2D eigenvalue weighted by molar-refractivity contribution is 0.00695. The second-order valence-corrected chi connectivity index (χ2v) is 10.0. The molecule has 1 heterocycles. The van der Waals surface area contributed by atoms with E-state index in [1.54, 1.807) is 0 Å². The van der Waals surface area contributed by atoms with E-state index in [9.17, 15) is 4.79 Å². The number of ether oxygens (including phenoxy) is 1. The minimum atomic E-state index is -0.570. The normalized spacial score (nSPS) is 11.6. The molecule has 0 amide bonds. The fourth-order valence-corrected chi connectivity index (χ4v) is 4.32. The molecule has 0 spiro atoms. The second kappa shape index (κ2) is 9.15. The van der Waals surface area contributed by atoms with Gasteiger partial charge in [-0.3, -0.25) is 0 Å². The Morgan fingerprint density at radius 2 is 1.77 bits per heavy atom. The zero-order chi connectivity index (χ0) is 22.1. The first-order valence-corrected chi connectivity index (χ1v) is 11.6. The summed E-state index contributed by atoms with van der Waals surface area (Å²) in [6.07, 6.45) is 0.954. The Morgan fingerprint density at radius 1 is 1.10 bits per heavy atom. The van der Waals surface area contributed by atoms with Crippen molar-refractivity contribution in [2.45, 2.75) is 53.2 Å². The molecule has 2 aromatic carbocycles. The van der Waals surface area contributed by atoms with Gasteiger partial charge in [-0.2, -0.15) is 0 Å². The summed E-state index contributed by atoms with van der Waals surface area (Å²) in [7, 11) is 0. The van der Waals surface area contributed by atoms with Gasteiger partial charge in [0.05, 0.1) is 11.3 Å². The third kappa shape index (κ3) is 4.92. The summed E-state index contributed by atoms with van der Waals surface area (Å²) in [6, 6.07) is 16.0. The van der Waals surface area contributed by atoms with Crippen LogP contribution < -0.4 is 0 Å². The SMILES string of the molecule is CCCn1c(C)c(C(=O)OC(C)(C)C)c(-c2cccc(I)c2)c1-c1ccc(Cl)cc1. The number of rotatable bonds is 5. The van der Waals surface area contributed by atoms with Gasteiger partial charge in [0.25, 0.3) is 0 Å². The number of halogens is 2. The fraction of sp³-hybridized carbons (Fsp3) is 0.320. The zero-order valence-corrected chi connectivity index (χ0v) is 21.0. The molecule has 0 saturated heterocycles. The summed E-state index contributed by atoms with van der Waals surface area (Å²) < 4.78 is 9.17. The van der Waals surface area contributed by atoms with Gasteiger partial charge in [0.1, 0.15) is 5.60 Å². The highest BCUT2D eigenvalue weighted by molar-refractivity contribution is 14.1. The molecule has 0 unspecified atom stereocenters. The molecule has 0 N–H and O–H groups in total. The molecule has 0 aliphatic carbocycles. The Bertz CT molecular complexity index is 1060. The maximum absolute atomic E-state index is 13.4. The number of aromatic nitrogens is 1. The minimum absolute atomic E-state index is 0.293. The third-order valence-electron chi connectivity index (χ3n) is 4.80. The Hall–Kier alpha value is -1.79. The molecule has 1 aromatic heterocycles. The zero-order valence-electron chi connectivity index (χ0n) is 18.1. The average molecular weight is 536 g/mol. The molecule has 5 heteroatoms. The summed E-state index contributed by atoms with van der Waals surface area (Å²) in [5, 5.41) is 0.687. The van der Waals surface area contributed by atoms with E-state index in [1.165, 1.54) is 0 Å². The summed E-state index contributed by atoms with van der Waals surface area (Å²) in [6.45, 7) is 10.6. The molecular formula is C25H27ClINO2. The van der Waals surface area contributed by atoms with Gasteiger partial charge in [0.2, 0.25) is 0 Å². The van der Waals surface area contributed by atoms with Gasteiger partial charge < -0.3 is 9.30 Å². The van der Waals surface area contributed by atoms with Crippen molar-refractivity contribution < 1.29 is 9.53 Å². The summed E-state index contributed by atoms with van der Waals surface area (Å²) in [5.41, 5.74) is 4.95. The first-order valence-electron chi connectivity index (χ1n) is 10.1. The highest BCUT2D eigenvalue weighted by Gasteiger charge is 2.30. The summed E-state index contributed by atoms with van der Waals surface area (Å²) in [4.78, 5) is 13.4. The molecular weight excluding hydrogens is 509 g/mol. The predicted molar refractivity (Wildman–Crippen MR) is 133 cm³/mol. The molecule has 158 valence electrons. The van der Waals surface area contributed by atoms with Crippen LogP contribution in [0.5, 0.6) is 0 Å². The topological polar surface area (TPSA) is 31.2 Å². The molecule has 0 aliphatic rings. The number of esters is 1. The van der Waals surface area contributed by atoms with Crippen LogP contribution in [0.3, 0.4) is 0 Å². The molecule has 0 fully saturated rings. The van der Waals surface area contributed by atoms with Crippen LogP contribution in [0.2, 0.25) is 5.02 Å². The van der Waals surface area contributed by atoms with Crippen molar-refractivity contribution in [3.8, 4) is 22.4 Å². The molecule has 3 aromatic rings. The van der Waals surface area contributed by atoms with Gasteiger partial charge in [-0.15, -0.1) is 0 Å². The van der Waals surface area contributed by atoms with E-state index in [0.717, 1.165) is 44.6 Å².